The third kappa shape index (κ3) is 5.94. The molecule has 1 aromatic carbocycles. The molecule has 188 valence electrons. The molecule has 1 aliphatic carbocycles. The first-order valence-corrected chi connectivity index (χ1v) is 15.2. The predicted octanol–water partition coefficient (Wildman–Crippen LogP) is 7.05. The molecule has 0 spiro atoms. The molecule has 0 radical (unpaired) electrons. The molecule has 0 bridgehead atoms. The Bertz CT molecular complexity index is 731. The Kier molecular flexibility index (Phi) is 8.55. The summed E-state index contributed by atoms with van der Waals surface area (Å²) in [6, 6.07) is 9.07. The molecule has 2 fully saturated rings. The van der Waals surface area contributed by atoms with Crippen molar-refractivity contribution in [1.82, 2.24) is 5.32 Å². The van der Waals surface area contributed by atoms with Crippen LogP contribution in [0.2, 0.25) is 16.6 Å². The van der Waals surface area contributed by atoms with Crippen molar-refractivity contribution in [1.29, 1.82) is 0 Å². The standard InChI is InChI=1S/C27H47FN2O2Si/c1-19(2)33(20(3)4,21(5)6)31-17-26(28)32-23-15-13-22(14-16-23)30-18-27(7,8)29-24-11-9-10-12-25(24)30/h13-16,19-21,24-26,29H,9-12,17-18H2,1-8H3/t24-,25-,26?/m0/s1. The maximum Gasteiger partial charge on any atom is 0.260 e. The highest BCUT2D eigenvalue weighted by Crippen LogP contribution is 2.42. The van der Waals surface area contributed by atoms with Crippen LogP contribution in [0.5, 0.6) is 5.75 Å². The summed E-state index contributed by atoms with van der Waals surface area (Å²) in [7, 11) is -2.10. The molecule has 2 aliphatic rings. The van der Waals surface area contributed by atoms with Crippen molar-refractivity contribution in [2.24, 2.45) is 0 Å². The molecule has 1 N–H and O–H groups in total. The highest BCUT2D eigenvalue weighted by molar-refractivity contribution is 6.77. The Morgan fingerprint density at radius 3 is 2.15 bits per heavy atom. The lowest BCUT2D eigenvalue weighted by atomic mass is 9.83. The van der Waals surface area contributed by atoms with E-state index in [1.54, 1.807) is 0 Å². The highest BCUT2D eigenvalue weighted by Gasteiger charge is 2.45. The Hall–Kier alpha value is -1.11. The summed E-state index contributed by atoms with van der Waals surface area (Å²) >= 11 is 0. The third-order valence-electron chi connectivity index (χ3n) is 7.88. The summed E-state index contributed by atoms with van der Waals surface area (Å²) in [4.78, 5) is 2.55. The van der Waals surface area contributed by atoms with E-state index in [-0.39, 0.29) is 12.1 Å². The summed E-state index contributed by atoms with van der Waals surface area (Å²) < 4.78 is 26.9. The number of ether oxygens (including phenoxy) is 1. The number of hydrogen-bond donors (Lipinski definition) is 1. The smallest absolute Gasteiger partial charge is 0.260 e. The lowest BCUT2D eigenvalue weighted by molar-refractivity contribution is 0.0167. The Morgan fingerprint density at radius 2 is 1.58 bits per heavy atom. The first-order valence-electron chi connectivity index (χ1n) is 13.1. The fourth-order valence-corrected chi connectivity index (χ4v) is 12.1. The van der Waals surface area contributed by atoms with Crippen molar-refractivity contribution in [3.63, 3.8) is 0 Å². The highest BCUT2D eigenvalue weighted by atomic mass is 28.4. The molecule has 33 heavy (non-hydrogen) atoms. The van der Waals surface area contributed by atoms with Gasteiger partial charge in [-0.25, -0.2) is 0 Å². The fraction of sp³-hybridized carbons (Fsp3) is 0.778. The monoisotopic (exact) mass is 478 g/mol. The number of nitrogens with zero attached hydrogens (tertiary/aromatic N) is 1. The van der Waals surface area contributed by atoms with E-state index in [1.807, 2.05) is 12.1 Å². The summed E-state index contributed by atoms with van der Waals surface area (Å²) in [6.45, 7) is 18.8. The molecule has 1 unspecified atom stereocenters. The summed E-state index contributed by atoms with van der Waals surface area (Å²) in [6.07, 6.45) is 3.60. The maximum atomic E-state index is 14.8. The predicted molar refractivity (Wildman–Crippen MR) is 140 cm³/mol. The van der Waals surface area contributed by atoms with E-state index in [0.29, 0.717) is 34.5 Å². The molecular formula is C27H47FN2O2Si. The lowest BCUT2D eigenvalue weighted by Crippen LogP contribution is -2.67. The Balaban J connectivity index is 1.64. The van der Waals surface area contributed by atoms with Crippen molar-refractivity contribution in [3.8, 4) is 5.75 Å². The molecule has 1 heterocycles. The van der Waals surface area contributed by atoms with E-state index >= 15 is 0 Å². The van der Waals surface area contributed by atoms with E-state index in [9.17, 15) is 4.39 Å². The SMILES string of the molecule is CC(C)[Si](OCC(F)Oc1ccc(N2CC(C)(C)N[C@H]3CCCC[C@@H]32)cc1)(C(C)C)C(C)C. The van der Waals surface area contributed by atoms with Gasteiger partial charge < -0.3 is 19.4 Å². The molecule has 0 amide bonds. The molecular weight excluding hydrogens is 431 g/mol. The van der Waals surface area contributed by atoms with E-state index in [4.69, 9.17) is 9.16 Å². The number of piperazine rings is 1. The van der Waals surface area contributed by atoms with Gasteiger partial charge in [0.1, 0.15) is 12.4 Å². The van der Waals surface area contributed by atoms with Gasteiger partial charge >= 0.3 is 0 Å². The molecule has 1 saturated heterocycles. The second kappa shape index (κ2) is 10.7. The van der Waals surface area contributed by atoms with Gasteiger partial charge in [0, 0.05) is 29.9 Å². The van der Waals surface area contributed by atoms with Crippen molar-refractivity contribution < 1.29 is 13.6 Å². The number of fused-ring (bicyclic) bond motifs is 1. The van der Waals surface area contributed by atoms with E-state index in [2.05, 4.69) is 77.7 Å². The van der Waals surface area contributed by atoms with Crippen LogP contribution in [-0.2, 0) is 4.43 Å². The quantitative estimate of drug-likeness (QED) is 0.385. The van der Waals surface area contributed by atoms with E-state index in [1.165, 1.54) is 31.4 Å². The van der Waals surface area contributed by atoms with Crippen LogP contribution in [0.1, 0.15) is 81.1 Å². The number of anilines is 1. The summed E-state index contributed by atoms with van der Waals surface area (Å²) in [5.74, 6) is 0.565. The first kappa shape index (κ1) is 26.5. The van der Waals surface area contributed by atoms with Crippen molar-refractivity contribution in [2.75, 3.05) is 18.1 Å². The third-order valence-corrected chi connectivity index (χ3v) is 14.0. The van der Waals surface area contributed by atoms with Gasteiger partial charge in [0.05, 0.1) is 0 Å². The molecule has 1 saturated carbocycles. The van der Waals surface area contributed by atoms with Gasteiger partial charge in [-0.05, 0) is 67.6 Å². The number of benzene rings is 1. The van der Waals surface area contributed by atoms with Crippen LogP contribution in [0, 0.1) is 0 Å². The Morgan fingerprint density at radius 1 is 1.00 bits per heavy atom. The molecule has 0 aromatic heterocycles. The zero-order chi connectivity index (χ0) is 24.4. The second-order valence-electron chi connectivity index (χ2n) is 11.8. The van der Waals surface area contributed by atoms with E-state index in [0.717, 1.165) is 6.54 Å². The Labute approximate surface area is 202 Å². The number of nitrogens with one attached hydrogen (secondary N) is 1. The fourth-order valence-electron chi connectivity index (χ4n) is 6.63. The number of alkyl halides is 1. The van der Waals surface area contributed by atoms with Gasteiger partial charge in [-0.2, -0.15) is 4.39 Å². The molecule has 6 heteroatoms. The van der Waals surface area contributed by atoms with Gasteiger partial charge in [-0.1, -0.05) is 54.4 Å². The van der Waals surface area contributed by atoms with Crippen LogP contribution in [0.25, 0.3) is 0 Å². The lowest BCUT2D eigenvalue weighted by Gasteiger charge is -2.52. The maximum absolute atomic E-state index is 14.8. The number of rotatable bonds is 9. The summed E-state index contributed by atoms with van der Waals surface area (Å²) in [5, 5.41) is 3.85. The van der Waals surface area contributed by atoms with Gasteiger partial charge in [-0.3, -0.25) is 0 Å². The molecule has 1 aromatic rings. The normalized spacial score (nSPS) is 24.3. The number of hydrogen-bond acceptors (Lipinski definition) is 4. The van der Waals surface area contributed by atoms with Crippen LogP contribution in [0.3, 0.4) is 0 Å². The minimum atomic E-state index is -2.10. The van der Waals surface area contributed by atoms with Crippen LogP contribution in [0.4, 0.5) is 10.1 Å². The molecule has 3 rings (SSSR count). The zero-order valence-electron chi connectivity index (χ0n) is 22.2. The minimum Gasteiger partial charge on any atom is -0.458 e. The average Bonchev–Trinajstić information content (AvgIpc) is 2.72. The first-order chi connectivity index (χ1) is 15.5. The van der Waals surface area contributed by atoms with Crippen LogP contribution in [-0.4, -0.2) is 45.4 Å². The average molecular weight is 479 g/mol. The summed E-state index contributed by atoms with van der Waals surface area (Å²) in [5.41, 5.74) is 2.56. The largest absolute Gasteiger partial charge is 0.458 e. The van der Waals surface area contributed by atoms with Crippen LogP contribution >= 0.6 is 0 Å². The minimum absolute atomic E-state index is 0.00173. The van der Waals surface area contributed by atoms with Gasteiger partial charge in [0.25, 0.3) is 6.36 Å². The van der Waals surface area contributed by atoms with Crippen molar-refractivity contribution in [2.45, 2.75) is 122 Å². The molecule has 4 nitrogen and oxygen atoms in total. The zero-order valence-corrected chi connectivity index (χ0v) is 23.2. The molecule has 1 aliphatic heterocycles. The van der Waals surface area contributed by atoms with Crippen LogP contribution in [0.15, 0.2) is 24.3 Å². The number of halogens is 1. The van der Waals surface area contributed by atoms with Gasteiger partial charge in [-0.15, -0.1) is 0 Å². The van der Waals surface area contributed by atoms with E-state index < -0.39 is 14.7 Å². The van der Waals surface area contributed by atoms with Crippen molar-refractivity contribution >= 4 is 14.0 Å². The van der Waals surface area contributed by atoms with Crippen molar-refractivity contribution in [3.05, 3.63) is 24.3 Å². The van der Waals surface area contributed by atoms with Gasteiger partial charge in [0.2, 0.25) is 8.32 Å². The topological polar surface area (TPSA) is 33.7 Å². The molecule has 3 atom stereocenters. The van der Waals surface area contributed by atoms with Crippen LogP contribution < -0.4 is 15.0 Å². The second-order valence-corrected chi connectivity index (χ2v) is 17.2. The van der Waals surface area contributed by atoms with Gasteiger partial charge in [0.15, 0.2) is 0 Å².